The first-order valence-corrected chi connectivity index (χ1v) is 7.93. The Morgan fingerprint density at radius 2 is 2.05 bits per heavy atom. The minimum Gasteiger partial charge on any atom is -0.348 e. The van der Waals surface area contributed by atoms with Gasteiger partial charge in [-0.2, -0.15) is 4.39 Å². The number of fused-ring (bicyclic) bond motifs is 1. The van der Waals surface area contributed by atoms with E-state index in [1.165, 1.54) is 0 Å². The molecule has 0 unspecified atom stereocenters. The average Bonchev–Trinajstić information content (AvgIpc) is 2.87. The molecule has 0 amide bonds. The lowest BCUT2D eigenvalue weighted by Crippen LogP contribution is -2.38. The van der Waals surface area contributed by atoms with Crippen molar-refractivity contribution in [3.05, 3.63) is 32.9 Å². The fourth-order valence-corrected chi connectivity index (χ4v) is 3.37. The van der Waals surface area contributed by atoms with Crippen LogP contribution in [0.25, 0.3) is 0 Å². The molecule has 2 saturated heterocycles. The standard InChI is InChI=1S/C12H14FIN2O5/c1-12(2)20-7-6(3-14)19-10(8(7)21-12)16-4-5(13)9(17)15-11(16)18/h4,6-8,10H,3H2,1-2H3,(H,15,17,18)/t6-,7+,8-,10-/m0/s1. The third kappa shape index (κ3) is 2.56. The van der Waals surface area contributed by atoms with Gasteiger partial charge in [0, 0.05) is 4.43 Å². The van der Waals surface area contributed by atoms with Gasteiger partial charge in [-0.15, -0.1) is 0 Å². The molecule has 2 aliphatic rings. The SMILES string of the molecule is CC1(C)O[C@H]2[C@H](O1)[C@@H](n1cc(F)c(=O)[nH]c1=O)O[C@H]2CI. The van der Waals surface area contributed by atoms with E-state index in [9.17, 15) is 14.0 Å². The number of ether oxygens (including phenoxy) is 3. The summed E-state index contributed by atoms with van der Waals surface area (Å²) in [5.41, 5.74) is -1.80. The zero-order valence-corrected chi connectivity index (χ0v) is 13.5. The van der Waals surface area contributed by atoms with E-state index in [1.54, 1.807) is 13.8 Å². The Kier molecular flexibility index (Phi) is 3.71. The summed E-state index contributed by atoms with van der Waals surface area (Å²) in [6.07, 6.45) is -1.15. The summed E-state index contributed by atoms with van der Waals surface area (Å²) in [6, 6.07) is 0. The van der Waals surface area contributed by atoms with Gasteiger partial charge in [0.25, 0.3) is 5.56 Å². The highest BCUT2D eigenvalue weighted by Gasteiger charge is 2.55. The molecule has 3 rings (SSSR count). The van der Waals surface area contributed by atoms with Gasteiger partial charge in [-0.1, -0.05) is 22.6 Å². The molecule has 1 N–H and O–H groups in total. The molecule has 0 aromatic carbocycles. The molecule has 0 saturated carbocycles. The number of aromatic amines is 1. The van der Waals surface area contributed by atoms with Crippen LogP contribution in [-0.2, 0) is 14.2 Å². The lowest BCUT2D eigenvalue weighted by atomic mass is 10.1. The monoisotopic (exact) mass is 412 g/mol. The third-order valence-corrected chi connectivity index (χ3v) is 4.34. The summed E-state index contributed by atoms with van der Waals surface area (Å²) in [7, 11) is 0. The van der Waals surface area contributed by atoms with E-state index in [4.69, 9.17) is 14.2 Å². The molecule has 1 aromatic heterocycles. The van der Waals surface area contributed by atoms with Crippen LogP contribution in [0.5, 0.6) is 0 Å². The zero-order chi connectivity index (χ0) is 15.4. The Labute approximate surface area is 132 Å². The number of hydrogen-bond donors (Lipinski definition) is 1. The lowest BCUT2D eigenvalue weighted by Gasteiger charge is -2.24. The zero-order valence-electron chi connectivity index (χ0n) is 11.3. The van der Waals surface area contributed by atoms with Crippen LogP contribution in [0.3, 0.4) is 0 Å². The first kappa shape index (κ1) is 15.1. The number of alkyl halides is 1. The maximum Gasteiger partial charge on any atom is 0.330 e. The highest BCUT2D eigenvalue weighted by Crippen LogP contribution is 2.42. The van der Waals surface area contributed by atoms with Gasteiger partial charge in [0.15, 0.2) is 12.0 Å². The number of nitrogens with one attached hydrogen (secondary N) is 1. The lowest BCUT2D eigenvalue weighted by molar-refractivity contribution is -0.194. The molecule has 1 aromatic rings. The molecule has 0 aliphatic carbocycles. The van der Waals surface area contributed by atoms with Crippen LogP contribution in [0.2, 0.25) is 0 Å². The van der Waals surface area contributed by atoms with Gasteiger partial charge in [0.05, 0.1) is 12.3 Å². The minimum absolute atomic E-state index is 0.274. The Bertz CT molecular complexity index is 672. The largest absolute Gasteiger partial charge is 0.348 e. The fraction of sp³-hybridized carbons (Fsp3) is 0.667. The summed E-state index contributed by atoms with van der Waals surface area (Å²) < 4.78 is 32.4. The molecule has 0 radical (unpaired) electrons. The molecule has 0 spiro atoms. The van der Waals surface area contributed by atoms with Crippen LogP contribution < -0.4 is 11.2 Å². The Balaban J connectivity index is 2.01. The van der Waals surface area contributed by atoms with E-state index in [2.05, 4.69) is 22.6 Å². The van der Waals surface area contributed by atoms with Crippen LogP contribution in [0.1, 0.15) is 20.1 Å². The van der Waals surface area contributed by atoms with Crippen LogP contribution in [0.4, 0.5) is 4.39 Å². The maximum absolute atomic E-state index is 13.5. The first-order valence-electron chi connectivity index (χ1n) is 6.40. The van der Waals surface area contributed by atoms with E-state index in [-0.39, 0.29) is 12.2 Å². The van der Waals surface area contributed by atoms with Crippen molar-refractivity contribution in [2.24, 2.45) is 0 Å². The number of hydrogen-bond acceptors (Lipinski definition) is 5. The molecule has 4 atom stereocenters. The molecule has 0 bridgehead atoms. The number of H-pyrrole nitrogens is 1. The van der Waals surface area contributed by atoms with Crippen LogP contribution in [-0.4, -0.2) is 38.1 Å². The van der Waals surface area contributed by atoms with Crippen LogP contribution in [0.15, 0.2) is 15.8 Å². The molecule has 21 heavy (non-hydrogen) atoms. The van der Waals surface area contributed by atoms with Crippen molar-refractivity contribution < 1.29 is 18.6 Å². The highest BCUT2D eigenvalue weighted by atomic mass is 127. The van der Waals surface area contributed by atoms with Crippen LogP contribution >= 0.6 is 22.6 Å². The van der Waals surface area contributed by atoms with Gasteiger partial charge < -0.3 is 14.2 Å². The predicted octanol–water partition coefficient (Wildman–Crippen LogP) is 0.528. The van der Waals surface area contributed by atoms with Crippen molar-refractivity contribution in [3.63, 3.8) is 0 Å². The Hall–Kier alpha value is -0.780. The van der Waals surface area contributed by atoms with Crippen molar-refractivity contribution in [3.8, 4) is 0 Å². The van der Waals surface area contributed by atoms with Gasteiger partial charge in [0.1, 0.15) is 12.2 Å². The quantitative estimate of drug-likeness (QED) is 0.566. The Morgan fingerprint density at radius 1 is 1.38 bits per heavy atom. The van der Waals surface area contributed by atoms with Crippen molar-refractivity contribution in [2.45, 2.75) is 44.2 Å². The molecular weight excluding hydrogens is 398 g/mol. The molecule has 2 aliphatic heterocycles. The fourth-order valence-electron chi connectivity index (χ4n) is 2.66. The van der Waals surface area contributed by atoms with E-state index in [0.717, 1.165) is 10.8 Å². The second kappa shape index (κ2) is 5.14. The van der Waals surface area contributed by atoms with Gasteiger partial charge >= 0.3 is 5.69 Å². The summed E-state index contributed by atoms with van der Waals surface area (Å²) in [5.74, 6) is -1.85. The minimum atomic E-state index is -1.06. The van der Waals surface area contributed by atoms with Gasteiger partial charge in [-0.25, -0.2) is 4.79 Å². The smallest absolute Gasteiger partial charge is 0.330 e. The maximum atomic E-state index is 13.5. The van der Waals surface area contributed by atoms with Gasteiger partial charge in [-0.3, -0.25) is 14.3 Å². The van der Waals surface area contributed by atoms with Crippen LogP contribution in [0, 0.1) is 5.82 Å². The third-order valence-electron chi connectivity index (χ3n) is 3.48. The van der Waals surface area contributed by atoms with Crippen molar-refractivity contribution >= 4 is 22.6 Å². The van der Waals surface area contributed by atoms with Gasteiger partial charge in [0.2, 0.25) is 5.82 Å². The number of nitrogens with zero attached hydrogens (tertiary/aromatic N) is 1. The van der Waals surface area contributed by atoms with Crippen molar-refractivity contribution in [1.29, 1.82) is 0 Å². The number of aromatic nitrogens is 2. The van der Waals surface area contributed by atoms with Gasteiger partial charge in [-0.05, 0) is 13.8 Å². The Morgan fingerprint density at radius 3 is 2.71 bits per heavy atom. The summed E-state index contributed by atoms with van der Waals surface area (Å²) in [6.45, 7) is 3.53. The molecular formula is C12H14FIN2O5. The van der Waals surface area contributed by atoms with E-state index in [0.29, 0.717) is 4.43 Å². The summed E-state index contributed by atoms with van der Waals surface area (Å²) in [4.78, 5) is 24.9. The number of rotatable bonds is 2. The second-order valence-corrected chi connectivity index (χ2v) is 6.31. The second-order valence-electron chi connectivity index (χ2n) is 5.43. The molecule has 116 valence electrons. The molecule has 2 fully saturated rings. The van der Waals surface area contributed by atoms with Crippen molar-refractivity contribution in [1.82, 2.24) is 9.55 Å². The normalized spacial score (nSPS) is 34.1. The molecule has 9 heteroatoms. The van der Waals surface area contributed by atoms with E-state index in [1.807, 2.05) is 4.98 Å². The number of halogens is 2. The first-order chi connectivity index (χ1) is 9.82. The molecule has 3 heterocycles. The molecule has 7 nitrogen and oxygen atoms in total. The average molecular weight is 412 g/mol. The predicted molar refractivity (Wildman–Crippen MR) is 77.9 cm³/mol. The topological polar surface area (TPSA) is 82.5 Å². The van der Waals surface area contributed by atoms with E-state index < -0.39 is 35.2 Å². The highest BCUT2D eigenvalue weighted by molar-refractivity contribution is 14.1. The summed E-state index contributed by atoms with van der Waals surface area (Å²) in [5, 5.41) is 0. The summed E-state index contributed by atoms with van der Waals surface area (Å²) >= 11 is 2.15. The van der Waals surface area contributed by atoms with E-state index >= 15 is 0 Å². The van der Waals surface area contributed by atoms with Crippen molar-refractivity contribution in [2.75, 3.05) is 4.43 Å².